The molecule has 0 radical (unpaired) electrons. The van der Waals surface area contributed by atoms with Gasteiger partial charge in [0.05, 0.1) is 27.8 Å². The van der Waals surface area contributed by atoms with Crippen LogP contribution in [-0.4, -0.2) is 21.2 Å². The lowest BCUT2D eigenvalue weighted by atomic mass is 9.78. The van der Waals surface area contributed by atoms with Gasteiger partial charge < -0.3 is 9.67 Å². The van der Waals surface area contributed by atoms with Gasteiger partial charge in [-0.1, -0.05) is 42.5 Å². The third-order valence-electron chi connectivity index (χ3n) is 8.58. The van der Waals surface area contributed by atoms with Crippen LogP contribution in [-0.2, 0) is 4.79 Å². The number of nitrogens with zero attached hydrogens (tertiary/aromatic N) is 2. The molecule has 0 saturated carbocycles. The Morgan fingerprint density at radius 2 is 1.26 bits per heavy atom. The number of hydrogen-bond acceptors (Lipinski definition) is 2. The Morgan fingerprint density at radius 3 is 1.93 bits per heavy atom. The van der Waals surface area contributed by atoms with Crippen molar-refractivity contribution in [3.63, 3.8) is 0 Å². The zero-order chi connectivity index (χ0) is 29.4. The van der Waals surface area contributed by atoms with Gasteiger partial charge in [-0.05, 0) is 81.1 Å². The molecule has 1 N–H and O–H groups in total. The van der Waals surface area contributed by atoms with Gasteiger partial charge in [-0.2, -0.15) is 4.58 Å². The molecule has 4 aromatic carbocycles. The quantitative estimate of drug-likeness (QED) is 0.181. The third kappa shape index (κ3) is 3.68. The first-order chi connectivity index (χ1) is 20.2. The van der Waals surface area contributed by atoms with Crippen molar-refractivity contribution in [1.29, 1.82) is 0 Å². The first-order valence-electron chi connectivity index (χ1n) is 14.4. The number of aromatic nitrogens is 1. The van der Waals surface area contributed by atoms with E-state index in [2.05, 4.69) is 85.4 Å². The second-order valence-corrected chi connectivity index (χ2v) is 11.7. The maximum atomic E-state index is 14.2. The molecule has 2 heterocycles. The molecule has 206 valence electrons. The van der Waals surface area contributed by atoms with Crippen LogP contribution in [0, 0.1) is 34.6 Å². The lowest BCUT2D eigenvalue weighted by Crippen LogP contribution is -2.24. The lowest BCUT2D eigenvalue weighted by Gasteiger charge is -2.23. The average Bonchev–Trinajstić information content (AvgIpc) is 3.38. The van der Waals surface area contributed by atoms with E-state index in [-0.39, 0.29) is 11.5 Å². The number of rotatable bonds is 3. The second kappa shape index (κ2) is 9.28. The summed E-state index contributed by atoms with van der Waals surface area (Å²) < 4.78 is 4.40. The summed E-state index contributed by atoms with van der Waals surface area (Å²) in [5.74, 6) is -0.0526. The van der Waals surface area contributed by atoms with Crippen LogP contribution in [0.1, 0.15) is 46.0 Å². The highest BCUT2D eigenvalue weighted by Gasteiger charge is 2.45. The number of hydrogen-bond donors (Lipinski definition) is 1. The first-order valence-corrected chi connectivity index (χ1v) is 14.4. The minimum absolute atomic E-state index is 0.0675. The van der Waals surface area contributed by atoms with Gasteiger partial charge in [0.2, 0.25) is 17.2 Å². The van der Waals surface area contributed by atoms with E-state index in [1.807, 2.05) is 50.2 Å². The van der Waals surface area contributed by atoms with Crippen molar-refractivity contribution in [1.82, 2.24) is 9.14 Å². The molecular formula is C38H33N2O2+. The van der Waals surface area contributed by atoms with E-state index in [1.165, 1.54) is 22.3 Å². The van der Waals surface area contributed by atoms with Crippen molar-refractivity contribution >= 4 is 44.9 Å². The zero-order valence-electron chi connectivity index (χ0n) is 24.8. The molecule has 42 heavy (non-hydrogen) atoms. The fraction of sp³-hybridized carbons (Fsp3) is 0.158. The summed E-state index contributed by atoms with van der Waals surface area (Å²) >= 11 is 0. The predicted molar refractivity (Wildman–Crippen MR) is 173 cm³/mol. The summed E-state index contributed by atoms with van der Waals surface area (Å²) in [6.45, 7) is 12.5. The number of aliphatic hydroxyl groups is 1. The number of Topliss-reactive ketones (excluding diaryl/α,β-unsaturated/α-hetero) is 1. The molecule has 0 fully saturated rings. The molecule has 0 saturated heterocycles. The fourth-order valence-corrected chi connectivity index (χ4v) is 7.06. The zero-order valence-corrected chi connectivity index (χ0v) is 24.8. The molecule has 1 aromatic heterocycles. The Labute approximate surface area is 246 Å². The number of para-hydroxylation sites is 2. The Bertz CT molecular complexity index is 2080. The molecule has 1 aliphatic heterocycles. The van der Waals surface area contributed by atoms with Gasteiger partial charge in [-0.25, -0.2) is 0 Å². The molecule has 4 heteroatoms. The minimum Gasteiger partial charge on any atom is -0.506 e. The van der Waals surface area contributed by atoms with Gasteiger partial charge in [0.25, 0.3) is 0 Å². The third-order valence-corrected chi connectivity index (χ3v) is 8.58. The van der Waals surface area contributed by atoms with E-state index in [1.54, 1.807) is 0 Å². The van der Waals surface area contributed by atoms with E-state index in [0.717, 1.165) is 56.1 Å². The Hall–Kier alpha value is -4.96. The minimum atomic E-state index is -0.120. The molecule has 0 atom stereocenters. The fourth-order valence-electron chi connectivity index (χ4n) is 7.06. The summed E-state index contributed by atoms with van der Waals surface area (Å²) in [5.41, 5.74) is 14.0. The number of aliphatic hydroxyl groups excluding tert-OH is 1. The molecule has 2 aliphatic rings. The largest absolute Gasteiger partial charge is 0.506 e. The molecule has 0 unspecified atom stereocenters. The van der Waals surface area contributed by atoms with Gasteiger partial charge in [0.1, 0.15) is 5.76 Å². The predicted octanol–water partition coefficient (Wildman–Crippen LogP) is 8.79. The summed E-state index contributed by atoms with van der Waals surface area (Å²) in [6.07, 6.45) is 0. The van der Waals surface area contributed by atoms with Gasteiger partial charge in [0, 0.05) is 47.5 Å². The topological polar surface area (TPSA) is 45.2 Å². The Kier molecular flexibility index (Phi) is 5.74. The summed E-state index contributed by atoms with van der Waals surface area (Å²) in [7, 11) is 0. The van der Waals surface area contributed by atoms with Crippen LogP contribution in [0.25, 0.3) is 27.7 Å². The van der Waals surface area contributed by atoms with Crippen LogP contribution in [0.5, 0.6) is 0 Å². The second-order valence-electron chi connectivity index (χ2n) is 11.7. The Balaban J connectivity index is 1.47. The van der Waals surface area contributed by atoms with Crippen LogP contribution in [0.15, 0.2) is 96.3 Å². The smallest absolute Gasteiger partial charge is 0.219 e. The number of ketones is 1. The van der Waals surface area contributed by atoms with Gasteiger partial charge >= 0.3 is 0 Å². The maximum Gasteiger partial charge on any atom is 0.219 e. The summed E-state index contributed by atoms with van der Waals surface area (Å²) in [5, 5.41) is 12.7. The van der Waals surface area contributed by atoms with Crippen LogP contribution in [0.2, 0.25) is 0 Å². The molecule has 0 amide bonds. The molecule has 7 rings (SSSR count). The van der Waals surface area contributed by atoms with Gasteiger partial charge in [-0.3, -0.25) is 4.79 Å². The number of benzene rings is 4. The number of carbonyl (C=O) groups is 1. The number of allylic oxidation sites excluding steroid dienone is 3. The van der Waals surface area contributed by atoms with Gasteiger partial charge in [0.15, 0.2) is 5.71 Å². The van der Waals surface area contributed by atoms with Crippen molar-refractivity contribution in [2.75, 3.05) is 0 Å². The average molecular weight is 550 g/mol. The Morgan fingerprint density at radius 1 is 0.667 bits per heavy atom. The van der Waals surface area contributed by atoms with E-state index in [0.29, 0.717) is 11.1 Å². The molecule has 1 aliphatic carbocycles. The summed E-state index contributed by atoms with van der Waals surface area (Å²) in [6, 6.07) is 29.2. The number of fused-ring (bicyclic) bond motifs is 2. The van der Waals surface area contributed by atoms with Crippen LogP contribution in [0.4, 0.5) is 11.4 Å². The molecule has 0 spiro atoms. The number of carbonyl (C=O) groups excluding carboxylic acids is 1. The standard InChI is InChI=1S/C38H32N2O2/c1-21-15-22(2)18-27(17-21)39-25(5)33(29-11-7-9-13-31(29)39)35-37(41)36(38(35)42)34-26(6)40(32-14-10-8-12-30(32)34)28-19-23(3)16-24(4)20-28/h7-20H,1-6H3/p+1. The lowest BCUT2D eigenvalue weighted by molar-refractivity contribution is -0.111. The highest BCUT2D eigenvalue weighted by atomic mass is 16.3. The highest BCUT2D eigenvalue weighted by molar-refractivity contribution is 6.48. The highest BCUT2D eigenvalue weighted by Crippen LogP contribution is 2.48. The van der Waals surface area contributed by atoms with E-state index >= 15 is 0 Å². The number of aryl methyl sites for hydroxylation is 4. The van der Waals surface area contributed by atoms with Crippen LogP contribution < -0.4 is 4.58 Å². The van der Waals surface area contributed by atoms with Gasteiger partial charge in [-0.15, -0.1) is 0 Å². The van der Waals surface area contributed by atoms with Crippen molar-refractivity contribution < 1.29 is 9.90 Å². The normalized spacial score (nSPS) is 16.5. The molecule has 5 aromatic rings. The van der Waals surface area contributed by atoms with Crippen molar-refractivity contribution in [2.24, 2.45) is 0 Å². The van der Waals surface area contributed by atoms with E-state index < -0.39 is 0 Å². The molecule has 4 nitrogen and oxygen atoms in total. The summed E-state index contributed by atoms with van der Waals surface area (Å²) in [4.78, 5) is 14.2. The monoisotopic (exact) mass is 549 g/mol. The van der Waals surface area contributed by atoms with E-state index in [9.17, 15) is 9.90 Å². The maximum absolute atomic E-state index is 14.2. The first kappa shape index (κ1) is 26.0. The van der Waals surface area contributed by atoms with Crippen molar-refractivity contribution in [3.8, 4) is 5.69 Å². The van der Waals surface area contributed by atoms with Crippen LogP contribution >= 0.6 is 0 Å². The van der Waals surface area contributed by atoms with E-state index in [4.69, 9.17) is 0 Å². The van der Waals surface area contributed by atoms with Crippen LogP contribution in [0.3, 0.4) is 0 Å². The molecular weight excluding hydrogens is 516 g/mol. The van der Waals surface area contributed by atoms with Crippen molar-refractivity contribution in [3.05, 3.63) is 135 Å². The SMILES string of the molecule is CC1=[N+](c2cc(C)cc(C)c2)c2ccccc2/C1=C1/C(=O)C(c2c(C)n(-c3cc(C)cc(C)c3)c3ccccc23)=C1O. The van der Waals surface area contributed by atoms with Crippen molar-refractivity contribution in [2.45, 2.75) is 41.5 Å². The molecule has 0 bridgehead atoms.